The van der Waals surface area contributed by atoms with Crippen LogP contribution in [0, 0.1) is 10.1 Å². The van der Waals surface area contributed by atoms with Crippen molar-refractivity contribution in [3.63, 3.8) is 0 Å². The van der Waals surface area contributed by atoms with Crippen LogP contribution >= 0.6 is 15.9 Å². The summed E-state index contributed by atoms with van der Waals surface area (Å²) in [5.74, 6) is 0. The minimum atomic E-state index is -0.387. The predicted octanol–water partition coefficient (Wildman–Crippen LogP) is 3.04. The number of alkyl halides is 1. The van der Waals surface area contributed by atoms with Gasteiger partial charge in [0.25, 0.3) is 5.69 Å². The Bertz CT molecular complexity index is 528. The van der Waals surface area contributed by atoms with Gasteiger partial charge in [0, 0.05) is 17.6 Å². The largest absolute Gasteiger partial charge is 0.278 e. The van der Waals surface area contributed by atoms with Crippen LogP contribution in [0.25, 0.3) is 10.9 Å². The summed E-state index contributed by atoms with van der Waals surface area (Å²) >= 11 is 3.33. The van der Waals surface area contributed by atoms with Gasteiger partial charge in [0.2, 0.25) is 0 Å². The van der Waals surface area contributed by atoms with Crippen LogP contribution in [0.5, 0.6) is 0 Å². The van der Waals surface area contributed by atoms with E-state index in [0.29, 0.717) is 16.2 Å². The van der Waals surface area contributed by atoms with Gasteiger partial charge in [-0.15, -0.1) is 0 Å². The van der Waals surface area contributed by atoms with Gasteiger partial charge in [0.15, 0.2) is 0 Å². The minimum Gasteiger partial charge on any atom is -0.258 e. The van der Waals surface area contributed by atoms with Gasteiger partial charge in [-0.05, 0) is 23.8 Å². The highest BCUT2D eigenvalue weighted by atomic mass is 79.9. The molecular weight excluding hydrogens is 260 g/mol. The number of rotatable bonds is 2. The summed E-state index contributed by atoms with van der Waals surface area (Å²) in [6.45, 7) is 0. The molecule has 0 spiro atoms. The van der Waals surface area contributed by atoms with Crippen LogP contribution in [-0.2, 0) is 5.33 Å². The zero-order chi connectivity index (χ0) is 10.8. The molecule has 4 nitrogen and oxygen atoms in total. The summed E-state index contributed by atoms with van der Waals surface area (Å²) in [7, 11) is 0. The van der Waals surface area contributed by atoms with E-state index in [1.54, 1.807) is 24.4 Å². The quantitative estimate of drug-likeness (QED) is 0.477. The number of hydrogen-bond acceptors (Lipinski definition) is 3. The third-order valence-corrected chi connectivity index (χ3v) is 2.77. The highest BCUT2D eigenvalue weighted by Crippen LogP contribution is 2.27. The van der Waals surface area contributed by atoms with Gasteiger partial charge in [-0.2, -0.15) is 0 Å². The van der Waals surface area contributed by atoms with E-state index in [-0.39, 0.29) is 10.6 Å². The second-order valence-corrected chi connectivity index (χ2v) is 3.59. The Morgan fingerprint density at radius 1 is 1.40 bits per heavy atom. The van der Waals surface area contributed by atoms with E-state index in [0.717, 1.165) is 5.56 Å². The first-order valence-electron chi connectivity index (χ1n) is 4.31. The van der Waals surface area contributed by atoms with Gasteiger partial charge in [-0.25, -0.2) is 0 Å². The molecule has 5 heteroatoms. The standard InChI is InChI=1S/C10H7BrN2O2/c11-6-7-3-4-9(13(14)15)8-2-1-5-12-10(7)8/h1-5H,6H2. The van der Waals surface area contributed by atoms with Crippen LogP contribution in [-0.4, -0.2) is 9.91 Å². The fourth-order valence-corrected chi connectivity index (χ4v) is 1.94. The van der Waals surface area contributed by atoms with Crippen LogP contribution in [0.2, 0.25) is 0 Å². The summed E-state index contributed by atoms with van der Waals surface area (Å²) in [5.41, 5.74) is 1.74. The van der Waals surface area contributed by atoms with Gasteiger partial charge in [-0.1, -0.05) is 15.9 Å². The van der Waals surface area contributed by atoms with Gasteiger partial charge in [0.1, 0.15) is 0 Å². The molecule has 0 saturated heterocycles. The van der Waals surface area contributed by atoms with Crippen molar-refractivity contribution in [3.8, 4) is 0 Å². The summed E-state index contributed by atoms with van der Waals surface area (Å²) < 4.78 is 0. The number of fused-ring (bicyclic) bond motifs is 1. The van der Waals surface area contributed by atoms with Crippen molar-refractivity contribution >= 4 is 32.5 Å². The third-order valence-electron chi connectivity index (χ3n) is 2.17. The molecule has 76 valence electrons. The number of halogens is 1. The van der Waals surface area contributed by atoms with E-state index < -0.39 is 0 Å². The number of nitro groups is 1. The molecule has 1 aromatic carbocycles. The van der Waals surface area contributed by atoms with E-state index >= 15 is 0 Å². The number of nitrogens with zero attached hydrogens (tertiary/aromatic N) is 2. The van der Waals surface area contributed by atoms with Crippen molar-refractivity contribution in [2.45, 2.75) is 5.33 Å². The monoisotopic (exact) mass is 266 g/mol. The molecule has 0 atom stereocenters. The molecule has 0 radical (unpaired) electrons. The molecule has 0 N–H and O–H groups in total. The van der Waals surface area contributed by atoms with Crippen LogP contribution in [0.1, 0.15) is 5.56 Å². The number of nitro benzene ring substituents is 1. The molecule has 0 aliphatic carbocycles. The molecule has 0 fully saturated rings. The topological polar surface area (TPSA) is 56.0 Å². The number of non-ortho nitro benzene ring substituents is 1. The predicted molar refractivity (Wildman–Crippen MR) is 61.0 cm³/mol. The Morgan fingerprint density at radius 2 is 2.20 bits per heavy atom. The smallest absolute Gasteiger partial charge is 0.258 e. The first-order chi connectivity index (χ1) is 7.24. The summed E-state index contributed by atoms with van der Waals surface area (Å²) in [6, 6.07) is 6.66. The normalized spacial score (nSPS) is 10.5. The number of aromatic nitrogens is 1. The Kier molecular flexibility index (Phi) is 2.64. The molecule has 0 amide bonds. The minimum absolute atomic E-state index is 0.0998. The lowest BCUT2D eigenvalue weighted by Crippen LogP contribution is -1.93. The average molecular weight is 267 g/mol. The van der Waals surface area contributed by atoms with Crippen LogP contribution < -0.4 is 0 Å². The van der Waals surface area contributed by atoms with E-state index in [4.69, 9.17) is 0 Å². The van der Waals surface area contributed by atoms with Crippen molar-refractivity contribution in [2.75, 3.05) is 0 Å². The second-order valence-electron chi connectivity index (χ2n) is 3.03. The van der Waals surface area contributed by atoms with Crippen molar-refractivity contribution in [1.29, 1.82) is 0 Å². The van der Waals surface area contributed by atoms with Gasteiger partial charge >= 0.3 is 0 Å². The maximum absolute atomic E-state index is 10.8. The molecule has 1 heterocycles. The number of benzene rings is 1. The van der Waals surface area contributed by atoms with E-state index in [9.17, 15) is 10.1 Å². The maximum atomic E-state index is 10.8. The summed E-state index contributed by atoms with van der Waals surface area (Å²) in [5, 5.41) is 12.0. The van der Waals surface area contributed by atoms with E-state index in [2.05, 4.69) is 20.9 Å². The van der Waals surface area contributed by atoms with E-state index in [1.807, 2.05) is 0 Å². The SMILES string of the molecule is O=[N+]([O-])c1ccc(CBr)c2ncccc12. The van der Waals surface area contributed by atoms with Crippen LogP contribution in [0.4, 0.5) is 5.69 Å². The molecule has 0 unspecified atom stereocenters. The van der Waals surface area contributed by atoms with Gasteiger partial charge in [-0.3, -0.25) is 15.1 Å². The molecule has 0 aliphatic heterocycles. The average Bonchev–Trinajstić information content (AvgIpc) is 2.27. The fourth-order valence-electron chi connectivity index (χ4n) is 1.48. The van der Waals surface area contributed by atoms with Crippen LogP contribution in [0.15, 0.2) is 30.5 Å². The zero-order valence-corrected chi connectivity index (χ0v) is 9.27. The first-order valence-corrected chi connectivity index (χ1v) is 5.43. The zero-order valence-electron chi connectivity index (χ0n) is 7.68. The van der Waals surface area contributed by atoms with Gasteiger partial charge < -0.3 is 0 Å². The summed E-state index contributed by atoms with van der Waals surface area (Å²) in [6.07, 6.45) is 1.64. The summed E-state index contributed by atoms with van der Waals surface area (Å²) in [4.78, 5) is 14.6. The van der Waals surface area contributed by atoms with Crippen molar-refractivity contribution in [3.05, 3.63) is 46.1 Å². The Hall–Kier alpha value is -1.49. The van der Waals surface area contributed by atoms with Crippen molar-refractivity contribution in [2.24, 2.45) is 0 Å². The van der Waals surface area contributed by atoms with Crippen molar-refractivity contribution < 1.29 is 4.92 Å². The lowest BCUT2D eigenvalue weighted by molar-refractivity contribution is -0.383. The first kappa shape index (κ1) is 10.0. The molecule has 15 heavy (non-hydrogen) atoms. The van der Waals surface area contributed by atoms with E-state index in [1.165, 1.54) is 6.07 Å². The van der Waals surface area contributed by atoms with Crippen LogP contribution in [0.3, 0.4) is 0 Å². The van der Waals surface area contributed by atoms with Gasteiger partial charge in [0.05, 0.1) is 15.8 Å². The highest BCUT2D eigenvalue weighted by Gasteiger charge is 2.13. The Balaban J connectivity index is 2.83. The third kappa shape index (κ3) is 1.70. The Labute approximate surface area is 94.2 Å². The lowest BCUT2D eigenvalue weighted by atomic mass is 10.1. The fraction of sp³-hybridized carbons (Fsp3) is 0.100. The lowest BCUT2D eigenvalue weighted by Gasteiger charge is -2.02. The van der Waals surface area contributed by atoms with Crippen molar-refractivity contribution in [1.82, 2.24) is 4.98 Å². The number of hydrogen-bond donors (Lipinski definition) is 0. The molecule has 2 aromatic rings. The maximum Gasteiger partial charge on any atom is 0.278 e. The molecule has 0 bridgehead atoms. The highest BCUT2D eigenvalue weighted by molar-refractivity contribution is 9.08. The second kappa shape index (κ2) is 3.94. The molecule has 0 saturated carbocycles. The molecular formula is C10H7BrN2O2. The Morgan fingerprint density at radius 3 is 2.87 bits per heavy atom. The number of pyridine rings is 1. The molecule has 0 aliphatic rings. The molecule has 1 aromatic heterocycles. The molecule has 2 rings (SSSR count).